The minimum absolute atomic E-state index is 0.0961. The van der Waals surface area contributed by atoms with Crippen molar-refractivity contribution in [2.45, 2.75) is 38.3 Å². The first kappa shape index (κ1) is 23.9. The van der Waals surface area contributed by atoms with Gasteiger partial charge >= 0.3 is 0 Å². The zero-order valence-electron chi connectivity index (χ0n) is 18.0. The highest BCUT2D eigenvalue weighted by molar-refractivity contribution is 7.89. The molecule has 0 aromatic heterocycles. The Hall–Kier alpha value is -2.42. The molecule has 1 unspecified atom stereocenters. The third kappa shape index (κ3) is 7.12. The fraction of sp³-hybridized carbons (Fsp3) is 0.409. The van der Waals surface area contributed by atoms with Crippen LogP contribution in [-0.4, -0.2) is 45.5 Å². The molecular formula is C22H33N5O2S. The Morgan fingerprint density at radius 2 is 1.73 bits per heavy atom. The SMILES string of the molecule is CCNC(=NCc1cccc(S(N)(=O)=O)c1)NCC(c1ccccc1)N(CC)CC. The number of nitrogens with two attached hydrogens (primary N) is 1. The van der Waals surface area contributed by atoms with Crippen molar-refractivity contribution in [1.82, 2.24) is 15.5 Å². The molecule has 30 heavy (non-hydrogen) atoms. The maximum atomic E-state index is 11.6. The minimum atomic E-state index is -3.73. The average molecular weight is 432 g/mol. The predicted octanol–water partition coefficient (Wildman–Crippen LogP) is 2.47. The molecule has 0 heterocycles. The Morgan fingerprint density at radius 1 is 1.03 bits per heavy atom. The van der Waals surface area contributed by atoms with Crippen LogP contribution in [0.2, 0.25) is 0 Å². The van der Waals surface area contributed by atoms with E-state index in [2.05, 4.69) is 58.6 Å². The van der Waals surface area contributed by atoms with E-state index in [0.29, 0.717) is 19.0 Å². The van der Waals surface area contributed by atoms with E-state index in [0.717, 1.165) is 25.2 Å². The van der Waals surface area contributed by atoms with Crippen molar-refractivity contribution in [2.75, 3.05) is 26.2 Å². The molecule has 0 fully saturated rings. The van der Waals surface area contributed by atoms with E-state index in [4.69, 9.17) is 5.14 Å². The number of nitrogens with zero attached hydrogens (tertiary/aromatic N) is 2. The van der Waals surface area contributed by atoms with Crippen molar-refractivity contribution >= 4 is 16.0 Å². The number of nitrogens with one attached hydrogen (secondary N) is 2. The van der Waals surface area contributed by atoms with E-state index in [1.54, 1.807) is 12.1 Å². The second-order valence-electron chi connectivity index (χ2n) is 6.92. The van der Waals surface area contributed by atoms with E-state index >= 15 is 0 Å². The number of benzene rings is 2. The lowest BCUT2D eigenvalue weighted by atomic mass is 10.1. The van der Waals surface area contributed by atoms with Crippen LogP contribution in [-0.2, 0) is 16.6 Å². The summed E-state index contributed by atoms with van der Waals surface area (Å²) < 4.78 is 23.1. The van der Waals surface area contributed by atoms with E-state index < -0.39 is 10.0 Å². The number of guanidine groups is 1. The van der Waals surface area contributed by atoms with Gasteiger partial charge in [0.1, 0.15) is 0 Å². The first-order valence-corrected chi connectivity index (χ1v) is 11.9. The van der Waals surface area contributed by atoms with Gasteiger partial charge in [0.15, 0.2) is 5.96 Å². The molecule has 0 aliphatic carbocycles. The van der Waals surface area contributed by atoms with Gasteiger partial charge in [-0.15, -0.1) is 0 Å². The van der Waals surface area contributed by atoms with Crippen molar-refractivity contribution < 1.29 is 8.42 Å². The number of sulfonamides is 1. The summed E-state index contributed by atoms with van der Waals surface area (Å²) in [6.07, 6.45) is 0. The zero-order valence-corrected chi connectivity index (χ0v) is 18.8. The molecular weight excluding hydrogens is 398 g/mol. The summed E-state index contributed by atoms with van der Waals surface area (Å²) in [4.78, 5) is 7.12. The Balaban J connectivity index is 2.15. The van der Waals surface area contributed by atoms with Crippen molar-refractivity contribution in [2.24, 2.45) is 10.1 Å². The first-order chi connectivity index (χ1) is 14.4. The fourth-order valence-electron chi connectivity index (χ4n) is 3.32. The molecule has 8 heteroatoms. The van der Waals surface area contributed by atoms with Crippen LogP contribution < -0.4 is 15.8 Å². The molecule has 0 saturated carbocycles. The second kappa shape index (κ2) is 11.7. The zero-order chi connectivity index (χ0) is 22.0. The summed E-state index contributed by atoms with van der Waals surface area (Å²) in [5, 5.41) is 11.9. The van der Waals surface area contributed by atoms with E-state index in [-0.39, 0.29) is 10.9 Å². The normalized spacial score (nSPS) is 13.3. The predicted molar refractivity (Wildman–Crippen MR) is 123 cm³/mol. The molecule has 7 nitrogen and oxygen atoms in total. The van der Waals surface area contributed by atoms with Gasteiger partial charge in [0.2, 0.25) is 10.0 Å². The smallest absolute Gasteiger partial charge is 0.238 e. The number of likely N-dealkylation sites (N-methyl/N-ethyl adjacent to an activating group) is 1. The van der Waals surface area contributed by atoms with Crippen LogP contribution in [0.4, 0.5) is 0 Å². The largest absolute Gasteiger partial charge is 0.357 e. The van der Waals surface area contributed by atoms with Crippen LogP contribution in [0.3, 0.4) is 0 Å². The van der Waals surface area contributed by atoms with Gasteiger partial charge in [0.05, 0.1) is 17.5 Å². The van der Waals surface area contributed by atoms with Crippen LogP contribution in [0.25, 0.3) is 0 Å². The topological polar surface area (TPSA) is 99.8 Å². The van der Waals surface area contributed by atoms with Gasteiger partial charge in [-0.3, -0.25) is 4.90 Å². The molecule has 4 N–H and O–H groups in total. The van der Waals surface area contributed by atoms with Crippen molar-refractivity contribution in [3.63, 3.8) is 0 Å². The lowest BCUT2D eigenvalue weighted by Gasteiger charge is -2.30. The summed E-state index contributed by atoms with van der Waals surface area (Å²) in [6.45, 7) is 10.0. The number of rotatable bonds is 10. The van der Waals surface area contributed by atoms with Gasteiger partial charge in [-0.2, -0.15) is 0 Å². The van der Waals surface area contributed by atoms with Crippen LogP contribution in [0.5, 0.6) is 0 Å². The van der Waals surface area contributed by atoms with Crippen LogP contribution in [0.15, 0.2) is 64.5 Å². The molecule has 1 atom stereocenters. The molecule has 2 aromatic carbocycles. The molecule has 164 valence electrons. The van der Waals surface area contributed by atoms with Gasteiger partial charge in [-0.1, -0.05) is 56.3 Å². The number of hydrogen-bond acceptors (Lipinski definition) is 4. The highest BCUT2D eigenvalue weighted by Crippen LogP contribution is 2.19. The summed E-state index contributed by atoms with van der Waals surface area (Å²) in [7, 11) is -3.73. The highest BCUT2D eigenvalue weighted by Gasteiger charge is 2.18. The van der Waals surface area contributed by atoms with E-state index in [1.807, 2.05) is 19.1 Å². The molecule has 0 saturated heterocycles. The molecule has 0 aliphatic heterocycles. The lowest BCUT2D eigenvalue weighted by molar-refractivity contribution is 0.219. The summed E-state index contributed by atoms with van der Waals surface area (Å²) >= 11 is 0. The quantitative estimate of drug-likeness (QED) is 0.396. The maximum absolute atomic E-state index is 11.6. The fourth-order valence-corrected chi connectivity index (χ4v) is 3.91. The van der Waals surface area contributed by atoms with Gasteiger partial charge in [0.25, 0.3) is 0 Å². The summed E-state index contributed by atoms with van der Waals surface area (Å²) in [5.74, 6) is 0.687. The van der Waals surface area contributed by atoms with E-state index in [9.17, 15) is 8.42 Å². The number of hydrogen-bond donors (Lipinski definition) is 3. The standard InChI is InChI=1S/C22H33N5O2S/c1-4-24-22(25-16-18-11-10-14-20(15-18)30(23,28)29)26-17-21(27(5-2)6-3)19-12-8-7-9-13-19/h7-15,21H,4-6,16-17H2,1-3H3,(H2,23,28,29)(H2,24,25,26). The third-order valence-electron chi connectivity index (χ3n) is 4.89. The molecule has 0 bridgehead atoms. The first-order valence-electron chi connectivity index (χ1n) is 10.3. The Bertz CT molecular complexity index is 912. The highest BCUT2D eigenvalue weighted by atomic mass is 32.2. The minimum Gasteiger partial charge on any atom is -0.357 e. The Morgan fingerprint density at radius 3 is 2.33 bits per heavy atom. The molecule has 2 aromatic rings. The summed E-state index contributed by atoms with van der Waals surface area (Å²) in [6, 6.07) is 17.2. The van der Waals surface area contributed by atoms with Crippen LogP contribution in [0.1, 0.15) is 37.9 Å². The molecule has 0 radical (unpaired) electrons. The lowest BCUT2D eigenvalue weighted by Crippen LogP contribution is -2.43. The second-order valence-corrected chi connectivity index (χ2v) is 8.48. The van der Waals surface area contributed by atoms with Crippen molar-refractivity contribution in [3.05, 3.63) is 65.7 Å². The molecule has 2 rings (SSSR count). The number of aliphatic imine (C=N–C) groups is 1. The number of primary sulfonamides is 1. The molecule has 0 amide bonds. The van der Waals surface area contributed by atoms with Gasteiger partial charge < -0.3 is 10.6 Å². The molecule has 0 spiro atoms. The van der Waals surface area contributed by atoms with Crippen molar-refractivity contribution in [1.29, 1.82) is 0 Å². The Kier molecular flexibility index (Phi) is 9.29. The maximum Gasteiger partial charge on any atom is 0.238 e. The average Bonchev–Trinajstić information content (AvgIpc) is 2.75. The van der Waals surface area contributed by atoms with Crippen LogP contribution in [0, 0.1) is 0 Å². The van der Waals surface area contributed by atoms with Crippen molar-refractivity contribution in [3.8, 4) is 0 Å². The molecule has 0 aliphatic rings. The Labute approximate surface area is 180 Å². The van der Waals surface area contributed by atoms with Crippen LogP contribution >= 0.6 is 0 Å². The van der Waals surface area contributed by atoms with E-state index in [1.165, 1.54) is 11.6 Å². The monoisotopic (exact) mass is 431 g/mol. The third-order valence-corrected chi connectivity index (χ3v) is 5.80. The van der Waals surface area contributed by atoms with Gasteiger partial charge in [-0.25, -0.2) is 18.5 Å². The van der Waals surface area contributed by atoms with Gasteiger partial charge in [0, 0.05) is 13.1 Å². The van der Waals surface area contributed by atoms with Gasteiger partial charge in [-0.05, 0) is 43.3 Å². The summed E-state index contributed by atoms with van der Waals surface area (Å²) in [5.41, 5.74) is 2.03.